The van der Waals surface area contributed by atoms with Crippen LogP contribution in [0.5, 0.6) is 0 Å². The maximum Gasteiger partial charge on any atom is 0.126 e. The summed E-state index contributed by atoms with van der Waals surface area (Å²) in [4.78, 5) is 0. The summed E-state index contributed by atoms with van der Waals surface area (Å²) in [5.74, 6) is 0.241. The molecule has 2 heteroatoms. The monoisotopic (exact) mass is 164 g/mol. The fraction of sp³-hybridized carbons (Fsp3) is 0.400. The van der Waals surface area contributed by atoms with Crippen LogP contribution in [-0.2, 0) is 0 Å². The lowest BCUT2D eigenvalue weighted by molar-refractivity contribution is 0.588. The van der Waals surface area contributed by atoms with Gasteiger partial charge in [0.1, 0.15) is 5.82 Å². The summed E-state index contributed by atoms with van der Waals surface area (Å²) in [5.41, 5.74) is 0.832. The van der Waals surface area contributed by atoms with Crippen molar-refractivity contribution < 1.29 is 4.39 Å². The highest BCUT2D eigenvalue weighted by atomic mass is 19.1. The van der Waals surface area contributed by atoms with Crippen LogP contribution in [0.2, 0.25) is 0 Å². The summed E-state index contributed by atoms with van der Waals surface area (Å²) in [5, 5.41) is 4.22. The van der Waals surface area contributed by atoms with Gasteiger partial charge in [-0.15, -0.1) is 0 Å². The van der Waals surface area contributed by atoms with Gasteiger partial charge in [-0.2, -0.15) is 0 Å². The van der Waals surface area contributed by atoms with Crippen molar-refractivity contribution in [3.05, 3.63) is 35.6 Å². The van der Waals surface area contributed by atoms with Gasteiger partial charge in [0.05, 0.1) is 0 Å². The van der Waals surface area contributed by atoms with E-state index in [1.54, 1.807) is 6.07 Å². The molecule has 0 amide bonds. The first-order valence-corrected chi connectivity index (χ1v) is 4.25. The summed E-state index contributed by atoms with van der Waals surface area (Å²) in [6.07, 6.45) is 1.00. The van der Waals surface area contributed by atoms with Crippen molar-refractivity contribution in [3.8, 4) is 0 Å². The van der Waals surface area contributed by atoms with Crippen LogP contribution in [0.25, 0.3) is 0 Å². The topological polar surface area (TPSA) is 14.1 Å². The molecule has 1 aliphatic rings. The number of nitrogens with zero attached hydrogens (tertiary/aromatic N) is 1. The van der Waals surface area contributed by atoms with Crippen LogP contribution >= 0.6 is 0 Å². The van der Waals surface area contributed by atoms with Crippen molar-refractivity contribution in [2.75, 3.05) is 13.1 Å². The van der Waals surface area contributed by atoms with Crippen LogP contribution in [0.3, 0.4) is 0 Å². The Morgan fingerprint density at radius 1 is 1.33 bits per heavy atom. The van der Waals surface area contributed by atoms with Crippen LogP contribution in [0, 0.1) is 5.82 Å². The lowest BCUT2D eigenvalue weighted by Gasteiger charge is -2.08. The van der Waals surface area contributed by atoms with E-state index in [1.165, 1.54) is 6.07 Å². The Bertz CT molecular complexity index is 266. The van der Waals surface area contributed by atoms with E-state index < -0.39 is 0 Å². The molecular weight excluding hydrogens is 153 g/mol. The Kier molecular flexibility index (Phi) is 2.09. The molecule has 1 aromatic carbocycles. The summed E-state index contributed by atoms with van der Waals surface area (Å²) in [6, 6.07) is 7.00. The Morgan fingerprint density at radius 3 is 2.83 bits per heavy atom. The van der Waals surface area contributed by atoms with E-state index in [0.29, 0.717) is 5.92 Å². The van der Waals surface area contributed by atoms with Crippen molar-refractivity contribution in [1.82, 2.24) is 5.32 Å². The molecule has 1 atom stereocenters. The molecule has 2 rings (SSSR count). The maximum atomic E-state index is 13.2. The summed E-state index contributed by atoms with van der Waals surface area (Å²) < 4.78 is 13.2. The molecule has 0 bridgehead atoms. The van der Waals surface area contributed by atoms with Gasteiger partial charge in [-0.3, -0.25) is 0 Å². The lowest BCUT2D eigenvalue weighted by Crippen LogP contribution is -2.03. The molecule has 0 aromatic heterocycles. The van der Waals surface area contributed by atoms with Gasteiger partial charge in [0.15, 0.2) is 0 Å². The van der Waals surface area contributed by atoms with Crippen LogP contribution in [0.1, 0.15) is 17.9 Å². The molecule has 0 saturated carbocycles. The third-order valence-corrected chi connectivity index (χ3v) is 2.33. The third kappa shape index (κ3) is 1.34. The van der Waals surface area contributed by atoms with Crippen LogP contribution in [0.4, 0.5) is 4.39 Å². The highest BCUT2D eigenvalue weighted by Crippen LogP contribution is 2.24. The Balaban J connectivity index is 2.26. The molecule has 0 N–H and O–H groups in total. The molecule has 1 unspecified atom stereocenters. The number of rotatable bonds is 1. The number of hydrogen-bond donors (Lipinski definition) is 0. The first-order valence-electron chi connectivity index (χ1n) is 4.25. The first-order chi connectivity index (χ1) is 5.88. The zero-order valence-corrected chi connectivity index (χ0v) is 6.83. The lowest BCUT2D eigenvalue weighted by atomic mass is 9.98. The molecular formula is C10H11FN. The van der Waals surface area contributed by atoms with E-state index in [0.717, 1.165) is 25.1 Å². The number of hydrogen-bond acceptors (Lipinski definition) is 0. The van der Waals surface area contributed by atoms with Gasteiger partial charge in [0.25, 0.3) is 0 Å². The second-order valence-electron chi connectivity index (χ2n) is 3.14. The zero-order chi connectivity index (χ0) is 8.39. The fourth-order valence-corrected chi connectivity index (χ4v) is 1.65. The Labute approximate surface area is 71.6 Å². The van der Waals surface area contributed by atoms with Crippen molar-refractivity contribution in [3.63, 3.8) is 0 Å². The second-order valence-corrected chi connectivity index (χ2v) is 3.14. The molecule has 12 heavy (non-hydrogen) atoms. The molecule has 63 valence electrons. The molecule has 1 aliphatic heterocycles. The van der Waals surface area contributed by atoms with Gasteiger partial charge in [-0.1, -0.05) is 18.2 Å². The van der Waals surface area contributed by atoms with E-state index in [-0.39, 0.29) is 5.82 Å². The second kappa shape index (κ2) is 3.23. The Hall–Kier alpha value is -0.890. The van der Waals surface area contributed by atoms with Gasteiger partial charge in [-0.05, 0) is 18.1 Å². The predicted molar refractivity (Wildman–Crippen MR) is 45.6 cm³/mol. The normalized spacial score (nSPS) is 22.9. The van der Waals surface area contributed by atoms with Gasteiger partial charge in [0.2, 0.25) is 0 Å². The quantitative estimate of drug-likeness (QED) is 0.602. The first kappa shape index (κ1) is 7.74. The summed E-state index contributed by atoms with van der Waals surface area (Å²) >= 11 is 0. The Morgan fingerprint density at radius 2 is 2.17 bits per heavy atom. The van der Waals surface area contributed by atoms with Crippen molar-refractivity contribution in [2.24, 2.45) is 0 Å². The van der Waals surface area contributed by atoms with E-state index in [2.05, 4.69) is 5.32 Å². The van der Waals surface area contributed by atoms with Crippen LogP contribution < -0.4 is 5.32 Å². The van der Waals surface area contributed by atoms with Gasteiger partial charge < -0.3 is 0 Å². The molecule has 1 saturated heterocycles. The zero-order valence-electron chi connectivity index (χ0n) is 6.83. The predicted octanol–water partition coefficient (Wildman–Crippen LogP) is 1.92. The van der Waals surface area contributed by atoms with Crippen LogP contribution in [0.15, 0.2) is 24.3 Å². The molecule has 1 radical (unpaired) electrons. The SMILES string of the molecule is Fc1ccccc1C1CC[N]C1. The molecule has 0 spiro atoms. The van der Waals surface area contributed by atoms with E-state index in [9.17, 15) is 4.39 Å². The molecule has 1 nitrogen and oxygen atoms in total. The summed E-state index contributed by atoms with van der Waals surface area (Å²) in [6.45, 7) is 1.68. The van der Waals surface area contributed by atoms with Gasteiger partial charge in [-0.25, -0.2) is 9.71 Å². The largest absolute Gasteiger partial charge is 0.241 e. The van der Waals surface area contributed by atoms with E-state index in [4.69, 9.17) is 0 Å². The minimum Gasteiger partial charge on any atom is -0.241 e. The maximum absolute atomic E-state index is 13.2. The van der Waals surface area contributed by atoms with Gasteiger partial charge >= 0.3 is 0 Å². The van der Waals surface area contributed by atoms with E-state index >= 15 is 0 Å². The smallest absolute Gasteiger partial charge is 0.126 e. The van der Waals surface area contributed by atoms with Crippen molar-refractivity contribution in [2.45, 2.75) is 12.3 Å². The summed E-state index contributed by atoms with van der Waals surface area (Å²) in [7, 11) is 0. The number of benzene rings is 1. The third-order valence-electron chi connectivity index (χ3n) is 2.33. The standard InChI is InChI=1S/C10H11FN/c11-10-4-2-1-3-9(10)8-5-6-12-7-8/h1-4,8H,5-7H2. The molecule has 1 fully saturated rings. The highest BCUT2D eigenvalue weighted by Gasteiger charge is 2.19. The highest BCUT2D eigenvalue weighted by molar-refractivity contribution is 5.22. The average Bonchev–Trinajstić information content (AvgIpc) is 2.57. The van der Waals surface area contributed by atoms with Gasteiger partial charge in [0, 0.05) is 19.0 Å². The molecule has 0 aliphatic carbocycles. The number of halogens is 1. The minimum absolute atomic E-state index is 0.0837. The minimum atomic E-state index is -0.0837. The van der Waals surface area contributed by atoms with Crippen LogP contribution in [-0.4, -0.2) is 13.1 Å². The fourth-order valence-electron chi connectivity index (χ4n) is 1.65. The average molecular weight is 164 g/mol. The van der Waals surface area contributed by atoms with E-state index in [1.807, 2.05) is 12.1 Å². The van der Waals surface area contributed by atoms with Crippen molar-refractivity contribution >= 4 is 0 Å². The van der Waals surface area contributed by atoms with Crippen molar-refractivity contribution in [1.29, 1.82) is 0 Å². The molecule has 1 heterocycles. The molecule has 1 aromatic rings.